The van der Waals surface area contributed by atoms with Crippen molar-refractivity contribution in [1.29, 1.82) is 0 Å². The predicted molar refractivity (Wildman–Crippen MR) is 226 cm³/mol. The second-order valence-electron chi connectivity index (χ2n) is 17.4. The van der Waals surface area contributed by atoms with Crippen LogP contribution in [0.1, 0.15) is 94.4 Å². The number of ketones is 2. The Labute approximate surface area is 362 Å². The third kappa shape index (κ3) is 10.1. The Bertz CT molecular complexity index is 1920. The van der Waals surface area contributed by atoms with Gasteiger partial charge in [0.15, 0.2) is 17.2 Å². The van der Waals surface area contributed by atoms with Gasteiger partial charge in [-0.1, -0.05) is 61.8 Å². The number of carbonyl (C=O) groups is 5. The van der Waals surface area contributed by atoms with Gasteiger partial charge in [0, 0.05) is 38.3 Å². The van der Waals surface area contributed by atoms with Gasteiger partial charge in [-0.3, -0.25) is 19.2 Å². The van der Waals surface area contributed by atoms with Gasteiger partial charge in [0.25, 0.3) is 5.79 Å². The molecule has 4 aliphatic carbocycles. The second-order valence-corrected chi connectivity index (χ2v) is 17.8. The van der Waals surface area contributed by atoms with Crippen molar-refractivity contribution in [3.8, 4) is 5.75 Å². The first-order valence-corrected chi connectivity index (χ1v) is 21.7. The van der Waals surface area contributed by atoms with Crippen LogP contribution in [0.2, 0.25) is 5.02 Å². The lowest BCUT2D eigenvalue weighted by atomic mass is 9.47. The van der Waals surface area contributed by atoms with E-state index < -0.39 is 41.3 Å². The summed E-state index contributed by atoms with van der Waals surface area (Å²) in [4.78, 5) is 75.2. The van der Waals surface area contributed by atoms with E-state index in [0.717, 1.165) is 31.2 Å². The maximum absolute atomic E-state index is 13.8. The maximum atomic E-state index is 13.8. The molecule has 332 valence electrons. The first kappa shape index (κ1) is 46.2. The van der Waals surface area contributed by atoms with Crippen molar-refractivity contribution in [1.82, 2.24) is 10.6 Å². The predicted octanol–water partition coefficient (Wildman–Crippen LogP) is 6.37. The van der Waals surface area contributed by atoms with E-state index in [9.17, 15) is 24.0 Å². The second kappa shape index (κ2) is 20.2. The van der Waals surface area contributed by atoms with Crippen LogP contribution < -0.4 is 21.1 Å². The number of amides is 3. The number of carbonyl (C=O) groups excluding carboxylic acids is 5. The molecule has 4 bridgehead atoms. The highest BCUT2D eigenvalue weighted by atomic mass is 35.5. The molecule has 3 atom stereocenters. The van der Waals surface area contributed by atoms with Gasteiger partial charge in [-0.15, -0.1) is 0 Å². The summed E-state index contributed by atoms with van der Waals surface area (Å²) in [5, 5.41) is 5.70. The number of halogens is 1. The zero-order chi connectivity index (χ0) is 43.9. The number of nitrogens with one attached hydrogen (secondary N) is 2. The first-order valence-electron chi connectivity index (χ1n) is 21.4. The van der Waals surface area contributed by atoms with Crippen LogP contribution in [-0.2, 0) is 62.0 Å². The lowest BCUT2D eigenvalue weighted by molar-refractivity contribution is -0.645. The van der Waals surface area contributed by atoms with Crippen molar-refractivity contribution in [3.05, 3.63) is 69.8 Å². The number of hydrogen-bond donors (Lipinski definition) is 3. The van der Waals surface area contributed by atoms with Gasteiger partial charge in [0.05, 0.1) is 30.0 Å². The summed E-state index contributed by atoms with van der Waals surface area (Å²) in [5.41, 5.74) is 7.30. The molecule has 14 nitrogen and oxygen atoms in total. The fourth-order valence-corrected chi connectivity index (χ4v) is 10.4. The van der Waals surface area contributed by atoms with E-state index in [1.807, 2.05) is 50.2 Å². The fraction of sp³-hybridized carbons (Fsp3) is 0.587. The maximum Gasteiger partial charge on any atom is 0.312 e. The van der Waals surface area contributed by atoms with Crippen LogP contribution >= 0.6 is 11.6 Å². The lowest BCUT2D eigenvalue weighted by Gasteiger charge is -2.68. The molecule has 1 saturated heterocycles. The summed E-state index contributed by atoms with van der Waals surface area (Å²) < 4.78 is 22.9. The highest BCUT2D eigenvalue weighted by Gasteiger charge is 2.77. The number of esters is 1. The van der Waals surface area contributed by atoms with E-state index in [-0.39, 0.29) is 74.9 Å². The van der Waals surface area contributed by atoms with Crippen LogP contribution in [0.4, 0.5) is 4.79 Å². The number of benzene rings is 2. The van der Waals surface area contributed by atoms with Gasteiger partial charge in [0.1, 0.15) is 19.0 Å². The molecule has 0 radical (unpaired) electrons. The number of methoxy groups -OCH3 is 2. The Morgan fingerprint density at radius 1 is 0.934 bits per heavy atom. The zero-order valence-electron chi connectivity index (χ0n) is 35.8. The molecule has 5 fully saturated rings. The highest BCUT2D eigenvalue weighted by molar-refractivity contribution is 6.33. The standard InChI is InChI=1S/C46H60ClN3O11/c1-27(2)36(25-40(53)58-18-17-56-4)43(54)50-38(7-6-16-49-44(48)55)39(52)24-29-9-11-30(12-10-29)26-59-42-33(13-8-28(3)51)14-15-37(41(42)47)46(57-5)45(60-61-46)34-20-31-19-32(22-34)23-35(45)21-31/h8-15,27,31-32,34-36,38H,6-7,16-26H2,1-5H3,(H,50,54)(H3,48,49,55)/b13-8+. The molecule has 7 rings (SSSR count). The third-order valence-electron chi connectivity index (χ3n) is 13.0. The van der Waals surface area contributed by atoms with Crippen LogP contribution in [-0.4, -0.2) is 75.1 Å². The molecule has 5 aliphatic rings. The van der Waals surface area contributed by atoms with Crippen molar-refractivity contribution in [2.75, 3.05) is 34.0 Å². The average Bonchev–Trinajstić information content (AvgIpc) is 3.20. The van der Waals surface area contributed by atoms with Gasteiger partial charge in [-0.25, -0.2) is 9.68 Å². The van der Waals surface area contributed by atoms with E-state index in [2.05, 4.69) is 10.6 Å². The van der Waals surface area contributed by atoms with Gasteiger partial charge < -0.3 is 35.3 Å². The third-order valence-corrected chi connectivity index (χ3v) is 13.3. The van der Waals surface area contributed by atoms with Gasteiger partial charge in [-0.05, 0) is 105 Å². The number of hydrogen-bond acceptors (Lipinski definition) is 11. The van der Waals surface area contributed by atoms with Crippen molar-refractivity contribution in [3.63, 3.8) is 0 Å². The lowest BCUT2D eigenvalue weighted by Crippen LogP contribution is -2.76. The number of nitrogens with two attached hydrogens (primary N) is 1. The summed E-state index contributed by atoms with van der Waals surface area (Å²) >= 11 is 7.28. The quantitative estimate of drug-likeness (QED) is 0.0516. The molecule has 3 unspecified atom stereocenters. The van der Waals surface area contributed by atoms with Crippen molar-refractivity contribution >= 4 is 47.2 Å². The van der Waals surface area contributed by atoms with E-state index in [1.54, 1.807) is 13.2 Å². The smallest absolute Gasteiger partial charge is 0.312 e. The van der Waals surface area contributed by atoms with Gasteiger partial charge in [0.2, 0.25) is 5.91 Å². The molecule has 2 aromatic rings. The van der Waals surface area contributed by atoms with Gasteiger partial charge >= 0.3 is 12.0 Å². The molecular weight excluding hydrogens is 806 g/mol. The van der Waals surface area contributed by atoms with E-state index in [0.29, 0.717) is 45.7 Å². The molecule has 4 saturated carbocycles. The van der Waals surface area contributed by atoms with E-state index >= 15 is 0 Å². The number of rotatable bonds is 22. The monoisotopic (exact) mass is 865 g/mol. The summed E-state index contributed by atoms with van der Waals surface area (Å²) in [7, 11) is 3.13. The molecular formula is C46H60ClN3O11. The molecule has 0 aromatic heterocycles. The highest BCUT2D eigenvalue weighted by Crippen LogP contribution is 2.70. The summed E-state index contributed by atoms with van der Waals surface area (Å²) in [5.74, 6) is -1.17. The Morgan fingerprint density at radius 3 is 2.18 bits per heavy atom. The number of ether oxygens (including phenoxy) is 4. The fourth-order valence-electron chi connectivity index (χ4n) is 10.1. The molecule has 1 heterocycles. The summed E-state index contributed by atoms with van der Waals surface area (Å²) in [6.07, 6.45) is 9.18. The van der Waals surface area contributed by atoms with E-state index in [1.165, 1.54) is 26.5 Å². The van der Waals surface area contributed by atoms with Gasteiger partial charge in [-0.2, -0.15) is 4.89 Å². The molecule has 4 N–H and O–H groups in total. The molecule has 3 amide bonds. The minimum absolute atomic E-state index is 0.0149. The zero-order valence-corrected chi connectivity index (χ0v) is 36.6. The first-order chi connectivity index (χ1) is 29.2. The number of primary amides is 1. The normalized spacial score (nSPS) is 25.9. The van der Waals surface area contributed by atoms with E-state index in [4.69, 9.17) is 46.1 Å². The Balaban J connectivity index is 1.16. The largest absolute Gasteiger partial charge is 0.487 e. The molecule has 2 aromatic carbocycles. The number of allylic oxidation sites excluding steroid dienone is 1. The molecule has 1 spiro atoms. The Hall–Kier alpha value is -4.34. The van der Waals surface area contributed by atoms with Crippen molar-refractivity contribution in [2.45, 2.75) is 103 Å². The number of urea groups is 1. The molecule has 61 heavy (non-hydrogen) atoms. The molecule has 15 heteroatoms. The topological polar surface area (TPSA) is 191 Å². The van der Waals surface area contributed by atoms with Crippen LogP contribution in [0.5, 0.6) is 5.75 Å². The summed E-state index contributed by atoms with van der Waals surface area (Å²) in [6, 6.07) is 9.51. The van der Waals surface area contributed by atoms with Crippen LogP contribution in [0.15, 0.2) is 42.5 Å². The Kier molecular flexibility index (Phi) is 15.3. The molecule has 1 aliphatic heterocycles. The SMILES string of the molecule is COCCOC(=O)CC(C(=O)NC(CCCNC(N)=O)C(=O)Cc1ccc(COc2c(/C=C/C(C)=O)ccc(C3(OC)OOC34C3CC5CC(C3)CC4C5)c2Cl)cc1)C(C)C. The average molecular weight is 866 g/mol. The summed E-state index contributed by atoms with van der Waals surface area (Å²) in [6.45, 7) is 5.77. The minimum Gasteiger partial charge on any atom is -0.487 e. The Morgan fingerprint density at radius 2 is 1.61 bits per heavy atom. The van der Waals surface area contributed by atoms with Crippen LogP contribution in [0, 0.1) is 35.5 Å². The number of Topliss-reactive ketones (excluding diaryl/α,β-unsaturated/α-hetero) is 1. The van der Waals surface area contributed by atoms with Crippen LogP contribution in [0.25, 0.3) is 6.08 Å². The minimum atomic E-state index is -1.22. The van der Waals surface area contributed by atoms with Crippen LogP contribution in [0.3, 0.4) is 0 Å². The van der Waals surface area contributed by atoms with Crippen molar-refractivity contribution < 1.29 is 52.7 Å². The van der Waals surface area contributed by atoms with Crippen molar-refractivity contribution in [2.24, 2.45) is 41.2 Å².